The second kappa shape index (κ2) is 6.71. The Morgan fingerprint density at radius 1 is 1.15 bits per heavy atom. The van der Waals surface area contributed by atoms with Crippen LogP contribution in [0.1, 0.15) is 49.5 Å². The molecule has 0 bridgehead atoms. The van der Waals surface area contributed by atoms with Gasteiger partial charge in [0.25, 0.3) is 0 Å². The number of aromatic amines is 1. The Morgan fingerprint density at radius 2 is 1.95 bits per heavy atom. The highest BCUT2D eigenvalue weighted by Gasteiger charge is 2.24. The van der Waals surface area contributed by atoms with E-state index in [1.54, 1.807) is 0 Å². The fourth-order valence-electron chi connectivity index (χ4n) is 3.29. The largest absolute Gasteiger partial charge is 0.348 e. The van der Waals surface area contributed by atoms with Crippen LogP contribution < -0.4 is 5.32 Å². The molecule has 106 valence electrons. The summed E-state index contributed by atoms with van der Waals surface area (Å²) in [5, 5.41) is 3.71. The van der Waals surface area contributed by atoms with E-state index in [1.165, 1.54) is 37.7 Å². The Hall–Kier alpha value is -1.61. The molecule has 3 heteroatoms. The molecule has 0 saturated heterocycles. The summed E-state index contributed by atoms with van der Waals surface area (Å²) in [6, 6.07) is 11.3. The second-order valence-corrected chi connectivity index (χ2v) is 5.70. The van der Waals surface area contributed by atoms with Gasteiger partial charge in [-0.1, -0.05) is 49.6 Å². The Balaban J connectivity index is 1.72. The first-order valence-corrected chi connectivity index (χ1v) is 7.70. The van der Waals surface area contributed by atoms with E-state index in [4.69, 9.17) is 0 Å². The van der Waals surface area contributed by atoms with Crippen molar-refractivity contribution < 1.29 is 0 Å². The molecule has 1 aliphatic rings. The van der Waals surface area contributed by atoms with E-state index in [2.05, 4.69) is 45.6 Å². The van der Waals surface area contributed by atoms with E-state index in [9.17, 15) is 0 Å². The maximum absolute atomic E-state index is 4.31. The van der Waals surface area contributed by atoms with Gasteiger partial charge in [0.1, 0.15) is 5.82 Å². The minimum atomic E-state index is 0.446. The molecule has 3 rings (SSSR count). The molecular formula is C17H23N3. The van der Waals surface area contributed by atoms with Crippen LogP contribution in [0.5, 0.6) is 0 Å². The van der Waals surface area contributed by atoms with Crippen LogP contribution in [-0.2, 0) is 6.54 Å². The van der Waals surface area contributed by atoms with Gasteiger partial charge in [-0.2, -0.15) is 0 Å². The van der Waals surface area contributed by atoms with Gasteiger partial charge >= 0.3 is 0 Å². The highest BCUT2D eigenvalue weighted by molar-refractivity contribution is 5.20. The van der Waals surface area contributed by atoms with Gasteiger partial charge in [-0.15, -0.1) is 0 Å². The minimum absolute atomic E-state index is 0.446. The summed E-state index contributed by atoms with van der Waals surface area (Å²) in [5.41, 5.74) is 1.41. The molecule has 1 saturated carbocycles. The third-order valence-corrected chi connectivity index (χ3v) is 4.32. The molecule has 1 heterocycles. The Morgan fingerprint density at radius 3 is 2.65 bits per heavy atom. The third-order valence-electron chi connectivity index (χ3n) is 4.32. The lowest BCUT2D eigenvalue weighted by Crippen LogP contribution is -2.29. The number of rotatable bonds is 5. The van der Waals surface area contributed by atoms with Gasteiger partial charge in [0, 0.05) is 18.4 Å². The van der Waals surface area contributed by atoms with Crippen LogP contribution in [-0.4, -0.2) is 9.97 Å². The van der Waals surface area contributed by atoms with Crippen molar-refractivity contribution in [2.75, 3.05) is 0 Å². The lowest BCUT2D eigenvalue weighted by Gasteiger charge is -2.31. The quantitative estimate of drug-likeness (QED) is 0.866. The number of imidazole rings is 1. The molecule has 2 aromatic rings. The van der Waals surface area contributed by atoms with E-state index >= 15 is 0 Å². The number of benzene rings is 1. The topological polar surface area (TPSA) is 40.7 Å². The summed E-state index contributed by atoms with van der Waals surface area (Å²) in [7, 11) is 0. The van der Waals surface area contributed by atoms with Crippen LogP contribution in [0.2, 0.25) is 0 Å². The molecule has 0 spiro atoms. The normalized spacial score (nSPS) is 18.0. The van der Waals surface area contributed by atoms with Crippen LogP contribution in [0, 0.1) is 5.92 Å². The van der Waals surface area contributed by atoms with Gasteiger partial charge < -0.3 is 10.3 Å². The molecule has 1 atom stereocenters. The zero-order valence-corrected chi connectivity index (χ0v) is 11.9. The Bertz CT molecular complexity index is 486. The van der Waals surface area contributed by atoms with Crippen LogP contribution in [0.3, 0.4) is 0 Å². The van der Waals surface area contributed by atoms with Crippen molar-refractivity contribution in [3.63, 3.8) is 0 Å². The van der Waals surface area contributed by atoms with Crippen LogP contribution in [0.15, 0.2) is 42.7 Å². The van der Waals surface area contributed by atoms with E-state index in [0.29, 0.717) is 6.04 Å². The van der Waals surface area contributed by atoms with Crippen molar-refractivity contribution in [1.82, 2.24) is 15.3 Å². The molecule has 0 aliphatic heterocycles. The summed E-state index contributed by atoms with van der Waals surface area (Å²) in [5.74, 6) is 1.77. The number of aromatic nitrogens is 2. The van der Waals surface area contributed by atoms with Crippen molar-refractivity contribution in [3.8, 4) is 0 Å². The molecule has 1 aliphatic carbocycles. The molecule has 0 radical (unpaired) electrons. The number of hydrogen-bond donors (Lipinski definition) is 2. The van der Waals surface area contributed by atoms with E-state index < -0.39 is 0 Å². The summed E-state index contributed by atoms with van der Waals surface area (Å²) in [6.45, 7) is 0.809. The van der Waals surface area contributed by atoms with Gasteiger partial charge in [-0.3, -0.25) is 0 Å². The second-order valence-electron chi connectivity index (χ2n) is 5.70. The first-order chi connectivity index (χ1) is 9.93. The highest BCUT2D eigenvalue weighted by Crippen LogP contribution is 2.34. The smallest absolute Gasteiger partial charge is 0.120 e. The van der Waals surface area contributed by atoms with Gasteiger partial charge in [0.2, 0.25) is 0 Å². The maximum atomic E-state index is 4.31. The fraction of sp³-hybridized carbons (Fsp3) is 0.471. The van der Waals surface area contributed by atoms with Crippen molar-refractivity contribution in [2.45, 2.75) is 44.7 Å². The molecule has 1 aromatic heterocycles. The van der Waals surface area contributed by atoms with E-state index in [0.717, 1.165) is 18.3 Å². The van der Waals surface area contributed by atoms with E-state index in [-0.39, 0.29) is 0 Å². The molecule has 1 fully saturated rings. The predicted molar refractivity (Wildman–Crippen MR) is 81.2 cm³/mol. The lowest BCUT2D eigenvalue weighted by molar-refractivity contribution is 0.269. The van der Waals surface area contributed by atoms with Crippen molar-refractivity contribution >= 4 is 0 Å². The molecule has 3 nitrogen and oxygen atoms in total. The van der Waals surface area contributed by atoms with Gasteiger partial charge in [-0.05, 0) is 24.3 Å². The van der Waals surface area contributed by atoms with Crippen LogP contribution in [0.4, 0.5) is 0 Å². The predicted octanol–water partition coefficient (Wildman–Crippen LogP) is 3.82. The van der Waals surface area contributed by atoms with E-state index in [1.807, 2.05) is 12.4 Å². The van der Waals surface area contributed by atoms with Crippen LogP contribution >= 0.6 is 0 Å². The number of nitrogens with one attached hydrogen (secondary N) is 2. The lowest BCUT2D eigenvalue weighted by atomic mass is 9.81. The Labute approximate surface area is 120 Å². The molecular weight excluding hydrogens is 246 g/mol. The summed E-state index contributed by atoms with van der Waals surface area (Å²) in [6.07, 6.45) is 10.5. The Kier molecular flexibility index (Phi) is 4.49. The number of H-pyrrole nitrogens is 1. The molecule has 20 heavy (non-hydrogen) atoms. The first-order valence-electron chi connectivity index (χ1n) is 7.70. The van der Waals surface area contributed by atoms with Crippen LogP contribution in [0.25, 0.3) is 0 Å². The highest BCUT2D eigenvalue weighted by atomic mass is 15.0. The number of nitrogens with zero attached hydrogens (tertiary/aromatic N) is 1. The molecule has 1 aromatic carbocycles. The average molecular weight is 269 g/mol. The van der Waals surface area contributed by atoms with Crippen molar-refractivity contribution in [2.24, 2.45) is 5.92 Å². The fourth-order valence-corrected chi connectivity index (χ4v) is 3.29. The van der Waals surface area contributed by atoms with Crippen molar-refractivity contribution in [1.29, 1.82) is 0 Å². The zero-order chi connectivity index (χ0) is 13.6. The van der Waals surface area contributed by atoms with Gasteiger partial charge in [0.05, 0.1) is 6.54 Å². The molecule has 2 N–H and O–H groups in total. The molecule has 0 amide bonds. The summed E-state index contributed by atoms with van der Waals surface area (Å²) >= 11 is 0. The SMILES string of the molecule is c1ccc(C(NCc2ncc[nH]2)C2CCCCC2)cc1. The third kappa shape index (κ3) is 3.28. The standard InChI is InChI=1S/C17H23N3/c1-3-7-14(8-4-1)17(15-9-5-2-6-10-15)20-13-16-18-11-12-19-16/h1,3-4,7-8,11-12,15,17,20H,2,5-6,9-10,13H2,(H,18,19). The summed E-state index contributed by atoms with van der Waals surface area (Å²) in [4.78, 5) is 7.48. The zero-order valence-electron chi connectivity index (χ0n) is 11.9. The van der Waals surface area contributed by atoms with Crippen molar-refractivity contribution in [3.05, 3.63) is 54.1 Å². The summed E-state index contributed by atoms with van der Waals surface area (Å²) < 4.78 is 0. The maximum Gasteiger partial charge on any atom is 0.120 e. The van der Waals surface area contributed by atoms with Gasteiger partial charge in [0.15, 0.2) is 0 Å². The monoisotopic (exact) mass is 269 g/mol. The van der Waals surface area contributed by atoms with Gasteiger partial charge in [-0.25, -0.2) is 4.98 Å². The molecule has 1 unspecified atom stereocenters. The number of hydrogen-bond acceptors (Lipinski definition) is 2. The first kappa shape index (κ1) is 13.4. The minimum Gasteiger partial charge on any atom is -0.348 e. The average Bonchev–Trinajstić information content (AvgIpc) is 3.03.